The Labute approximate surface area is 79.8 Å². The van der Waals surface area contributed by atoms with Crippen LogP contribution >= 0.6 is 12.4 Å². The molecule has 0 spiro atoms. The molecule has 0 aromatic heterocycles. The molecule has 0 fully saturated rings. The third kappa shape index (κ3) is 6.65. The number of hydrogen-bond donors (Lipinski definition) is 1. The first kappa shape index (κ1) is 15.0. The van der Waals surface area contributed by atoms with Gasteiger partial charge in [0, 0.05) is 0 Å². The molecule has 0 rings (SSSR count). The highest BCUT2D eigenvalue weighted by Crippen LogP contribution is 2.20. The molecule has 80 valence electrons. The molecular weight excluding hydrogens is 211 g/mol. The van der Waals surface area contributed by atoms with Gasteiger partial charge in [-0.2, -0.15) is 13.2 Å². The zero-order valence-corrected chi connectivity index (χ0v) is 7.74. The van der Waals surface area contributed by atoms with Crippen molar-refractivity contribution in [3.8, 4) is 0 Å². The maximum Gasteiger partial charge on any atom is 0.404 e. The molecule has 0 aliphatic heterocycles. The first-order valence-corrected chi connectivity index (χ1v) is 3.35. The quantitative estimate of drug-likeness (QED) is 0.730. The van der Waals surface area contributed by atoms with Crippen LogP contribution in [0, 0.1) is 0 Å². The maximum absolute atomic E-state index is 11.7. The molecule has 0 heterocycles. The van der Waals surface area contributed by atoms with Crippen LogP contribution in [-0.2, 0) is 9.53 Å². The highest BCUT2D eigenvalue weighted by atomic mass is 35.5. The van der Waals surface area contributed by atoms with Crippen molar-refractivity contribution in [1.82, 2.24) is 0 Å². The molecule has 0 saturated heterocycles. The molecule has 3 nitrogen and oxygen atoms in total. The zero-order chi connectivity index (χ0) is 9.78. The minimum absolute atomic E-state index is 0. The predicted molar refractivity (Wildman–Crippen MR) is 42.5 cm³/mol. The van der Waals surface area contributed by atoms with Gasteiger partial charge in [0.05, 0.1) is 13.0 Å². The molecule has 13 heavy (non-hydrogen) atoms. The van der Waals surface area contributed by atoms with Gasteiger partial charge in [-0.1, -0.05) is 0 Å². The summed E-state index contributed by atoms with van der Waals surface area (Å²) < 4.78 is 39.4. The minimum Gasteiger partial charge on any atom is -0.466 e. The van der Waals surface area contributed by atoms with Crippen molar-refractivity contribution in [3.63, 3.8) is 0 Å². The fourth-order valence-electron chi connectivity index (χ4n) is 0.515. The maximum atomic E-state index is 11.7. The van der Waals surface area contributed by atoms with E-state index in [4.69, 9.17) is 0 Å². The van der Waals surface area contributed by atoms with E-state index in [2.05, 4.69) is 10.5 Å². The molecule has 0 aromatic rings. The van der Waals surface area contributed by atoms with Crippen molar-refractivity contribution in [2.24, 2.45) is 5.73 Å². The molecular formula is C6H11ClF3NO2. The third-order valence-electron chi connectivity index (χ3n) is 1.11. The molecule has 0 aliphatic carbocycles. The number of ether oxygens (including phenoxy) is 1. The standard InChI is InChI=1S/C6H10F3NO2.ClH/c1-2-12-5(11)3-4(10)6(7,8)9;/h4H,2-3,10H2,1H3;1H. The van der Waals surface area contributed by atoms with Crippen molar-refractivity contribution in [1.29, 1.82) is 0 Å². The van der Waals surface area contributed by atoms with Gasteiger partial charge >= 0.3 is 12.1 Å². The fraction of sp³-hybridized carbons (Fsp3) is 0.833. The van der Waals surface area contributed by atoms with E-state index in [-0.39, 0.29) is 19.0 Å². The lowest BCUT2D eigenvalue weighted by molar-refractivity contribution is -0.164. The summed E-state index contributed by atoms with van der Waals surface area (Å²) in [7, 11) is 0. The summed E-state index contributed by atoms with van der Waals surface area (Å²) in [6, 6.07) is -2.13. The summed E-state index contributed by atoms with van der Waals surface area (Å²) in [5.41, 5.74) is 4.66. The van der Waals surface area contributed by atoms with E-state index in [1.54, 1.807) is 0 Å². The molecule has 0 bridgehead atoms. The van der Waals surface area contributed by atoms with E-state index in [1.807, 2.05) is 0 Å². The summed E-state index contributed by atoms with van der Waals surface area (Å²) >= 11 is 0. The highest BCUT2D eigenvalue weighted by Gasteiger charge is 2.38. The van der Waals surface area contributed by atoms with Gasteiger partial charge < -0.3 is 10.5 Å². The van der Waals surface area contributed by atoms with Crippen molar-refractivity contribution in [2.75, 3.05) is 6.61 Å². The number of carbonyl (C=O) groups excluding carboxylic acids is 1. The summed E-state index contributed by atoms with van der Waals surface area (Å²) in [6.45, 7) is 1.57. The van der Waals surface area contributed by atoms with Crippen LogP contribution < -0.4 is 5.73 Å². The largest absolute Gasteiger partial charge is 0.466 e. The Morgan fingerprint density at radius 3 is 2.31 bits per heavy atom. The second kappa shape index (κ2) is 6.04. The van der Waals surface area contributed by atoms with Crippen LogP contribution in [0.1, 0.15) is 13.3 Å². The molecule has 0 aromatic carbocycles. The van der Waals surface area contributed by atoms with Crippen molar-refractivity contribution in [2.45, 2.75) is 25.6 Å². The summed E-state index contributed by atoms with van der Waals surface area (Å²) in [6.07, 6.45) is -5.36. The van der Waals surface area contributed by atoms with Gasteiger partial charge in [-0.25, -0.2) is 0 Å². The number of carbonyl (C=O) groups is 1. The van der Waals surface area contributed by atoms with Crippen LogP contribution in [0.15, 0.2) is 0 Å². The number of halogens is 4. The average Bonchev–Trinajstić information content (AvgIpc) is 1.85. The molecule has 0 saturated carbocycles. The van der Waals surface area contributed by atoms with Gasteiger partial charge in [-0.05, 0) is 6.92 Å². The number of rotatable bonds is 3. The summed E-state index contributed by atoms with van der Waals surface area (Å²) in [4.78, 5) is 10.5. The average molecular weight is 222 g/mol. The van der Waals surface area contributed by atoms with Gasteiger partial charge in [0.25, 0.3) is 0 Å². The Morgan fingerprint density at radius 2 is 2.00 bits per heavy atom. The van der Waals surface area contributed by atoms with E-state index in [0.29, 0.717) is 0 Å². The lowest BCUT2D eigenvalue weighted by atomic mass is 10.2. The molecule has 0 amide bonds. The Balaban J connectivity index is 0. The molecule has 2 N–H and O–H groups in total. The number of alkyl halides is 3. The van der Waals surface area contributed by atoms with Crippen molar-refractivity contribution >= 4 is 18.4 Å². The van der Waals surface area contributed by atoms with Crippen LogP contribution in [0.2, 0.25) is 0 Å². The van der Waals surface area contributed by atoms with E-state index in [9.17, 15) is 18.0 Å². The van der Waals surface area contributed by atoms with Gasteiger partial charge in [0.2, 0.25) is 0 Å². The Hall–Kier alpha value is -0.490. The second-order valence-corrected chi connectivity index (χ2v) is 2.16. The van der Waals surface area contributed by atoms with E-state index >= 15 is 0 Å². The zero-order valence-electron chi connectivity index (χ0n) is 6.93. The fourth-order valence-corrected chi connectivity index (χ4v) is 0.515. The van der Waals surface area contributed by atoms with Gasteiger partial charge in [0.15, 0.2) is 0 Å². The molecule has 0 aliphatic rings. The van der Waals surface area contributed by atoms with Gasteiger partial charge in [-0.3, -0.25) is 4.79 Å². The molecule has 7 heteroatoms. The van der Waals surface area contributed by atoms with Gasteiger partial charge in [-0.15, -0.1) is 12.4 Å². The SMILES string of the molecule is CCOC(=O)CC(N)C(F)(F)F.Cl. The molecule has 1 unspecified atom stereocenters. The van der Waals surface area contributed by atoms with E-state index in [0.717, 1.165) is 0 Å². The van der Waals surface area contributed by atoms with Gasteiger partial charge in [0.1, 0.15) is 6.04 Å². The minimum atomic E-state index is -4.53. The Morgan fingerprint density at radius 1 is 1.54 bits per heavy atom. The third-order valence-corrected chi connectivity index (χ3v) is 1.11. The van der Waals surface area contributed by atoms with Crippen LogP contribution in [0.25, 0.3) is 0 Å². The van der Waals surface area contributed by atoms with Crippen molar-refractivity contribution in [3.05, 3.63) is 0 Å². The normalized spacial score (nSPS) is 13.0. The number of esters is 1. The Kier molecular flexibility index (Phi) is 6.97. The topological polar surface area (TPSA) is 52.3 Å². The van der Waals surface area contributed by atoms with Crippen LogP contribution in [0.5, 0.6) is 0 Å². The molecule has 1 atom stereocenters. The van der Waals surface area contributed by atoms with Crippen LogP contribution in [-0.4, -0.2) is 24.8 Å². The smallest absolute Gasteiger partial charge is 0.404 e. The lowest BCUT2D eigenvalue weighted by Gasteiger charge is -2.13. The molecule has 0 radical (unpaired) electrons. The first-order valence-electron chi connectivity index (χ1n) is 3.35. The monoisotopic (exact) mass is 221 g/mol. The first-order chi connectivity index (χ1) is 5.38. The van der Waals surface area contributed by atoms with Crippen LogP contribution in [0.4, 0.5) is 13.2 Å². The number of hydrogen-bond acceptors (Lipinski definition) is 3. The van der Waals surface area contributed by atoms with E-state index < -0.39 is 24.6 Å². The van der Waals surface area contributed by atoms with Crippen LogP contribution in [0.3, 0.4) is 0 Å². The number of nitrogens with two attached hydrogens (primary N) is 1. The summed E-state index contributed by atoms with van der Waals surface area (Å²) in [5.74, 6) is -0.928. The highest BCUT2D eigenvalue weighted by molar-refractivity contribution is 5.85. The lowest BCUT2D eigenvalue weighted by Crippen LogP contribution is -2.39. The predicted octanol–water partition coefficient (Wildman–Crippen LogP) is 1.25. The Bertz CT molecular complexity index is 162. The second-order valence-electron chi connectivity index (χ2n) is 2.16. The van der Waals surface area contributed by atoms with Crippen molar-refractivity contribution < 1.29 is 22.7 Å². The van der Waals surface area contributed by atoms with E-state index in [1.165, 1.54) is 6.92 Å². The summed E-state index contributed by atoms with van der Waals surface area (Å²) in [5, 5.41) is 0.